The summed E-state index contributed by atoms with van der Waals surface area (Å²) >= 11 is 3.24. The fraction of sp³-hybridized carbons (Fsp3) is 0.625. The quantitative estimate of drug-likeness (QED) is 0.839. The Morgan fingerprint density at radius 3 is 2.92 bits per heavy atom. The SMILES string of the molecule is Brc1cnc(CN2CCNCC2)o1. The van der Waals surface area contributed by atoms with Gasteiger partial charge >= 0.3 is 0 Å². The standard InChI is InChI=1S/C8H12BrN3O/c9-7-5-11-8(13-7)6-12-3-1-10-2-4-12/h5,10H,1-4,6H2. The second-order valence-electron chi connectivity index (χ2n) is 3.08. The smallest absolute Gasteiger partial charge is 0.209 e. The number of nitrogens with zero attached hydrogens (tertiary/aromatic N) is 2. The zero-order valence-corrected chi connectivity index (χ0v) is 8.88. The highest BCUT2D eigenvalue weighted by molar-refractivity contribution is 9.10. The fourth-order valence-electron chi connectivity index (χ4n) is 1.42. The van der Waals surface area contributed by atoms with Crippen molar-refractivity contribution in [2.75, 3.05) is 26.2 Å². The van der Waals surface area contributed by atoms with E-state index in [4.69, 9.17) is 4.42 Å². The zero-order chi connectivity index (χ0) is 9.10. The average molecular weight is 246 g/mol. The lowest BCUT2D eigenvalue weighted by Crippen LogP contribution is -2.42. The molecule has 1 aliphatic heterocycles. The van der Waals surface area contributed by atoms with Crippen LogP contribution >= 0.6 is 15.9 Å². The van der Waals surface area contributed by atoms with Crippen LogP contribution in [0.1, 0.15) is 5.89 Å². The highest BCUT2D eigenvalue weighted by Crippen LogP contribution is 2.12. The summed E-state index contributed by atoms with van der Waals surface area (Å²) in [4.78, 5) is 6.46. The Hall–Kier alpha value is -0.390. The maximum absolute atomic E-state index is 5.33. The Balaban J connectivity index is 1.89. The van der Waals surface area contributed by atoms with Crippen LogP contribution in [0.2, 0.25) is 0 Å². The molecule has 1 N–H and O–H groups in total. The predicted molar refractivity (Wildman–Crippen MR) is 52.3 cm³/mol. The van der Waals surface area contributed by atoms with Gasteiger partial charge in [0.15, 0.2) is 4.67 Å². The number of piperazine rings is 1. The summed E-state index contributed by atoms with van der Waals surface area (Å²) in [5.41, 5.74) is 0. The maximum atomic E-state index is 5.33. The van der Waals surface area contributed by atoms with Crippen LogP contribution in [0.25, 0.3) is 0 Å². The van der Waals surface area contributed by atoms with E-state index >= 15 is 0 Å². The third kappa shape index (κ3) is 2.52. The molecule has 0 aromatic carbocycles. The van der Waals surface area contributed by atoms with Gasteiger partial charge < -0.3 is 9.73 Å². The van der Waals surface area contributed by atoms with Crippen molar-refractivity contribution >= 4 is 15.9 Å². The largest absolute Gasteiger partial charge is 0.433 e. The maximum Gasteiger partial charge on any atom is 0.209 e. The Labute approximate surface area is 85.4 Å². The van der Waals surface area contributed by atoms with Crippen molar-refractivity contribution in [3.05, 3.63) is 16.8 Å². The van der Waals surface area contributed by atoms with Crippen LogP contribution in [0.5, 0.6) is 0 Å². The summed E-state index contributed by atoms with van der Waals surface area (Å²) in [5.74, 6) is 0.786. The van der Waals surface area contributed by atoms with Crippen molar-refractivity contribution in [2.24, 2.45) is 0 Å². The molecular weight excluding hydrogens is 234 g/mol. The third-order valence-electron chi connectivity index (χ3n) is 2.09. The van der Waals surface area contributed by atoms with Crippen LogP contribution in [-0.4, -0.2) is 36.1 Å². The van der Waals surface area contributed by atoms with Gasteiger partial charge in [0.05, 0.1) is 12.7 Å². The highest BCUT2D eigenvalue weighted by Gasteiger charge is 2.12. The van der Waals surface area contributed by atoms with E-state index in [2.05, 4.69) is 31.1 Å². The third-order valence-corrected chi connectivity index (χ3v) is 2.46. The van der Waals surface area contributed by atoms with Gasteiger partial charge in [-0.1, -0.05) is 0 Å². The molecule has 2 heterocycles. The minimum Gasteiger partial charge on any atom is -0.433 e. The van der Waals surface area contributed by atoms with Gasteiger partial charge in [-0.25, -0.2) is 4.98 Å². The molecule has 4 nitrogen and oxygen atoms in total. The van der Waals surface area contributed by atoms with Crippen molar-refractivity contribution in [2.45, 2.75) is 6.54 Å². The average Bonchev–Trinajstić information content (AvgIpc) is 2.53. The first kappa shape index (κ1) is 9.18. The van der Waals surface area contributed by atoms with Gasteiger partial charge in [0.2, 0.25) is 5.89 Å². The molecular formula is C8H12BrN3O. The van der Waals surface area contributed by atoms with Crippen LogP contribution in [0.4, 0.5) is 0 Å². The molecule has 0 bridgehead atoms. The van der Waals surface area contributed by atoms with Crippen molar-refractivity contribution in [1.29, 1.82) is 0 Å². The molecule has 1 aromatic heterocycles. The molecule has 13 heavy (non-hydrogen) atoms. The van der Waals surface area contributed by atoms with E-state index in [9.17, 15) is 0 Å². The number of hydrogen-bond acceptors (Lipinski definition) is 4. The van der Waals surface area contributed by atoms with Gasteiger partial charge in [0.25, 0.3) is 0 Å². The van der Waals surface area contributed by atoms with Gasteiger partial charge in [0, 0.05) is 26.2 Å². The minimum absolute atomic E-state index is 0.706. The van der Waals surface area contributed by atoms with E-state index in [1.54, 1.807) is 6.20 Å². The summed E-state index contributed by atoms with van der Waals surface area (Å²) in [6.45, 7) is 5.07. The molecule has 1 aromatic rings. The Morgan fingerprint density at radius 1 is 1.54 bits per heavy atom. The molecule has 1 fully saturated rings. The first-order valence-electron chi connectivity index (χ1n) is 4.38. The monoisotopic (exact) mass is 245 g/mol. The number of oxazole rings is 1. The molecule has 72 valence electrons. The first-order chi connectivity index (χ1) is 6.34. The van der Waals surface area contributed by atoms with Crippen LogP contribution in [-0.2, 0) is 6.54 Å². The van der Waals surface area contributed by atoms with Crippen molar-refractivity contribution in [3.8, 4) is 0 Å². The molecule has 1 saturated heterocycles. The lowest BCUT2D eigenvalue weighted by atomic mass is 10.3. The van der Waals surface area contributed by atoms with Crippen molar-refractivity contribution in [1.82, 2.24) is 15.2 Å². The highest BCUT2D eigenvalue weighted by atomic mass is 79.9. The lowest BCUT2D eigenvalue weighted by Gasteiger charge is -2.25. The molecule has 0 spiro atoms. The number of nitrogens with one attached hydrogen (secondary N) is 1. The Kier molecular flexibility index (Phi) is 2.97. The molecule has 5 heteroatoms. The van der Waals surface area contributed by atoms with E-state index in [1.807, 2.05) is 0 Å². The number of rotatable bonds is 2. The minimum atomic E-state index is 0.706. The summed E-state index contributed by atoms with van der Waals surface area (Å²) < 4.78 is 6.04. The van der Waals surface area contributed by atoms with Gasteiger partial charge in [-0.05, 0) is 15.9 Å². The van der Waals surface area contributed by atoms with E-state index in [-0.39, 0.29) is 0 Å². The summed E-state index contributed by atoms with van der Waals surface area (Å²) in [6.07, 6.45) is 1.69. The summed E-state index contributed by atoms with van der Waals surface area (Å²) in [7, 11) is 0. The molecule has 0 atom stereocenters. The number of hydrogen-bond donors (Lipinski definition) is 1. The summed E-state index contributed by atoms with van der Waals surface area (Å²) in [5, 5.41) is 3.30. The number of halogens is 1. The lowest BCUT2D eigenvalue weighted by molar-refractivity contribution is 0.211. The van der Waals surface area contributed by atoms with E-state index in [0.717, 1.165) is 38.6 Å². The van der Waals surface area contributed by atoms with E-state index in [1.165, 1.54) is 0 Å². The molecule has 0 aliphatic carbocycles. The topological polar surface area (TPSA) is 41.3 Å². The second kappa shape index (κ2) is 4.21. The van der Waals surface area contributed by atoms with Gasteiger partial charge in [-0.2, -0.15) is 0 Å². The van der Waals surface area contributed by atoms with Gasteiger partial charge in [-0.3, -0.25) is 4.90 Å². The van der Waals surface area contributed by atoms with Crippen molar-refractivity contribution < 1.29 is 4.42 Å². The van der Waals surface area contributed by atoms with Crippen LogP contribution in [0, 0.1) is 0 Å². The fourth-order valence-corrected chi connectivity index (χ4v) is 1.71. The molecule has 0 amide bonds. The molecule has 2 rings (SSSR count). The molecule has 1 aliphatic rings. The van der Waals surface area contributed by atoms with Crippen molar-refractivity contribution in [3.63, 3.8) is 0 Å². The van der Waals surface area contributed by atoms with Crippen LogP contribution in [0.15, 0.2) is 15.3 Å². The van der Waals surface area contributed by atoms with Gasteiger partial charge in [0.1, 0.15) is 0 Å². The normalized spacial score (nSPS) is 19.2. The van der Waals surface area contributed by atoms with E-state index < -0.39 is 0 Å². The van der Waals surface area contributed by atoms with Crippen LogP contribution in [0.3, 0.4) is 0 Å². The molecule has 0 saturated carbocycles. The van der Waals surface area contributed by atoms with Gasteiger partial charge in [-0.15, -0.1) is 0 Å². The Morgan fingerprint density at radius 2 is 2.31 bits per heavy atom. The van der Waals surface area contributed by atoms with E-state index in [0.29, 0.717) is 4.67 Å². The summed E-state index contributed by atoms with van der Waals surface area (Å²) in [6, 6.07) is 0. The number of aromatic nitrogens is 1. The predicted octanol–water partition coefficient (Wildman–Crippen LogP) is 0.842. The molecule has 0 unspecified atom stereocenters. The van der Waals surface area contributed by atoms with Crippen LogP contribution < -0.4 is 5.32 Å². The Bertz CT molecular complexity index is 270. The first-order valence-corrected chi connectivity index (χ1v) is 5.17. The second-order valence-corrected chi connectivity index (χ2v) is 3.87. The molecule has 0 radical (unpaired) electrons. The zero-order valence-electron chi connectivity index (χ0n) is 7.29.